The van der Waals surface area contributed by atoms with E-state index in [1.807, 2.05) is 6.07 Å². The van der Waals surface area contributed by atoms with Crippen LogP contribution in [-0.2, 0) is 0 Å². The van der Waals surface area contributed by atoms with Gasteiger partial charge in [-0.3, -0.25) is 0 Å². The minimum Gasteiger partial charge on any atom is -0.433 e. The number of anilines is 2. The summed E-state index contributed by atoms with van der Waals surface area (Å²) in [4.78, 5) is 4.04. The number of alkyl halides is 2. The van der Waals surface area contributed by atoms with Crippen molar-refractivity contribution in [1.29, 1.82) is 5.26 Å². The van der Waals surface area contributed by atoms with E-state index in [2.05, 4.69) is 15.0 Å². The molecular formula is C14H11F2N3O. The molecule has 4 nitrogen and oxygen atoms in total. The molecule has 0 bridgehead atoms. The molecule has 1 aromatic heterocycles. The molecule has 0 aliphatic heterocycles. The molecule has 1 heterocycles. The monoisotopic (exact) mass is 275 g/mol. The molecule has 102 valence electrons. The Morgan fingerprint density at radius 1 is 1.25 bits per heavy atom. The van der Waals surface area contributed by atoms with Crippen molar-refractivity contribution < 1.29 is 13.5 Å². The maximum absolute atomic E-state index is 12.7. The second-order valence-electron chi connectivity index (χ2n) is 4.07. The molecule has 1 aromatic carbocycles. The second kappa shape index (κ2) is 5.53. The average Bonchev–Trinajstić information content (AvgIpc) is 2.40. The van der Waals surface area contributed by atoms with Crippen molar-refractivity contribution in [1.82, 2.24) is 4.98 Å². The van der Waals surface area contributed by atoms with Crippen molar-refractivity contribution in [3.05, 3.63) is 48.2 Å². The summed E-state index contributed by atoms with van der Waals surface area (Å²) in [5.74, 6) is 0.467. The molecule has 0 fully saturated rings. The van der Waals surface area contributed by atoms with E-state index < -0.39 is 6.11 Å². The highest BCUT2D eigenvalue weighted by molar-refractivity contribution is 5.62. The van der Waals surface area contributed by atoms with Gasteiger partial charge in [0.05, 0.1) is 5.56 Å². The Labute approximate surface area is 114 Å². The number of nitrogens with one attached hydrogen (secondary N) is 1. The molecule has 0 saturated carbocycles. The van der Waals surface area contributed by atoms with Gasteiger partial charge in [-0.1, -0.05) is 0 Å². The largest absolute Gasteiger partial charge is 0.433 e. The third-order valence-electron chi connectivity index (χ3n) is 2.34. The van der Waals surface area contributed by atoms with Crippen molar-refractivity contribution in [3.8, 4) is 11.8 Å². The van der Waals surface area contributed by atoms with Crippen LogP contribution in [0.25, 0.3) is 0 Å². The summed E-state index contributed by atoms with van der Waals surface area (Å²) in [6.07, 6.45) is -1.66. The van der Waals surface area contributed by atoms with E-state index in [-0.39, 0.29) is 5.75 Å². The number of pyridine rings is 1. The summed E-state index contributed by atoms with van der Waals surface area (Å²) in [7, 11) is 0. The lowest BCUT2D eigenvalue weighted by molar-refractivity contribution is -0.158. The molecule has 0 radical (unpaired) electrons. The van der Waals surface area contributed by atoms with Crippen LogP contribution in [0.5, 0.6) is 5.75 Å². The van der Waals surface area contributed by atoms with Crippen LogP contribution in [0.2, 0.25) is 0 Å². The van der Waals surface area contributed by atoms with E-state index >= 15 is 0 Å². The van der Waals surface area contributed by atoms with Crippen LogP contribution in [0.15, 0.2) is 42.6 Å². The molecule has 0 aliphatic rings. The Kier molecular flexibility index (Phi) is 3.80. The van der Waals surface area contributed by atoms with E-state index in [0.29, 0.717) is 24.0 Å². The van der Waals surface area contributed by atoms with Crippen LogP contribution in [0, 0.1) is 11.3 Å². The summed E-state index contributed by atoms with van der Waals surface area (Å²) >= 11 is 0. The normalized spacial score (nSPS) is 10.7. The van der Waals surface area contributed by atoms with Crippen LogP contribution in [0.3, 0.4) is 0 Å². The topological polar surface area (TPSA) is 57.9 Å². The van der Waals surface area contributed by atoms with E-state index in [1.54, 1.807) is 30.5 Å². The van der Waals surface area contributed by atoms with Gasteiger partial charge in [0.15, 0.2) is 0 Å². The lowest BCUT2D eigenvalue weighted by Gasteiger charge is -2.13. The van der Waals surface area contributed by atoms with Crippen molar-refractivity contribution in [2.45, 2.75) is 13.0 Å². The second-order valence-corrected chi connectivity index (χ2v) is 4.07. The number of benzene rings is 1. The zero-order valence-corrected chi connectivity index (χ0v) is 10.6. The highest BCUT2D eigenvalue weighted by Gasteiger charge is 2.22. The number of nitriles is 1. The smallest absolute Gasteiger partial charge is 0.394 e. The molecule has 0 atom stereocenters. The molecule has 0 unspecified atom stereocenters. The maximum atomic E-state index is 12.7. The summed E-state index contributed by atoms with van der Waals surface area (Å²) < 4.78 is 29.8. The summed E-state index contributed by atoms with van der Waals surface area (Å²) in [6, 6.07) is 11.3. The molecule has 2 rings (SSSR count). The summed E-state index contributed by atoms with van der Waals surface area (Å²) in [5, 5.41) is 11.9. The molecule has 6 heteroatoms. The minimum absolute atomic E-state index is 0.0598. The van der Waals surface area contributed by atoms with E-state index in [0.717, 1.165) is 0 Å². The summed E-state index contributed by atoms with van der Waals surface area (Å²) in [6.45, 7) is 0.673. The molecule has 0 spiro atoms. The van der Waals surface area contributed by atoms with Gasteiger partial charge in [0.1, 0.15) is 17.6 Å². The molecule has 0 aliphatic carbocycles. The number of hydrogen-bond donors (Lipinski definition) is 1. The average molecular weight is 275 g/mol. The van der Waals surface area contributed by atoms with Gasteiger partial charge >= 0.3 is 6.11 Å². The number of rotatable bonds is 4. The molecular weight excluding hydrogens is 264 g/mol. The molecule has 2 aromatic rings. The van der Waals surface area contributed by atoms with E-state index in [4.69, 9.17) is 5.26 Å². The van der Waals surface area contributed by atoms with E-state index in [9.17, 15) is 8.78 Å². The Hall–Kier alpha value is -2.68. The molecule has 1 N–H and O–H groups in total. The van der Waals surface area contributed by atoms with Gasteiger partial charge in [0.2, 0.25) is 0 Å². The molecule has 0 saturated heterocycles. The van der Waals surface area contributed by atoms with Gasteiger partial charge in [-0.05, 0) is 36.4 Å². The first-order chi connectivity index (χ1) is 9.48. The van der Waals surface area contributed by atoms with Gasteiger partial charge in [-0.2, -0.15) is 14.0 Å². The molecule has 20 heavy (non-hydrogen) atoms. The van der Waals surface area contributed by atoms with Crippen LogP contribution in [-0.4, -0.2) is 11.1 Å². The fourth-order valence-electron chi connectivity index (χ4n) is 1.55. The predicted molar refractivity (Wildman–Crippen MR) is 69.9 cm³/mol. The van der Waals surface area contributed by atoms with Gasteiger partial charge in [-0.25, -0.2) is 4.98 Å². The number of halogens is 2. The Balaban J connectivity index is 2.13. The fourth-order valence-corrected chi connectivity index (χ4v) is 1.55. The van der Waals surface area contributed by atoms with Crippen molar-refractivity contribution in [3.63, 3.8) is 0 Å². The van der Waals surface area contributed by atoms with Crippen LogP contribution in [0.1, 0.15) is 12.5 Å². The lowest BCUT2D eigenvalue weighted by Crippen LogP contribution is -2.18. The number of hydrogen-bond acceptors (Lipinski definition) is 4. The number of aromatic nitrogens is 1. The highest BCUT2D eigenvalue weighted by Crippen LogP contribution is 2.24. The number of ether oxygens (including phenoxy) is 1. The SMILES string of the molecule is CC(F)(F)Oc1ccc(Nc2ncccc2C#N)cc1. The van der Waals surface area contributed by atoms with Crippen LogP contribution >= 0.6 is 0 Å². The van der Waals surface area contributed by atoms with Crippen molar-refractivity contribution in [2.75, 3.05) is 5.32 Å². The minimum atomic E-state index is -3.22. The zero-order chi connectivity index (χ0) is 14.6. The summed E-state index contributed by atoms with van der Waals surface area (Å²) in [5.41, 5.74) is 1.01. The predicted octanol–water partition coefficient (Wildman–Crippen LogP) is 3.69. The zero-order valence-electron chi connectivity index (χ0n) is 10.6. The Bertz CT molecular complexity index is 630. The molecule has 0 amide bonds. The van der Waals surface area contributed by atoms with Crippen LogP contribution in [0.4, 0.5) is 20.3 Å². The van der Waals surface area contributed by atoms with Crippen molar-refractivity contribution in [2.24, 2.45) is 0 Å². The van der Waals surface area contributed by atoms with Gasteiger partial charge in [0.25, 0.3) is 0 Å². The van der Waals surface area contributed by atoms with E-state index in [1.165, 1.54) is 12.1 Å². The van der Waals surface area contributed by atoms with Gasteiger partial charge < -0.3 is 10.1 Å². The first kappa shape index (κ1) is 13.7. The van der Waals surface area contributed by atoms with Gasteiger partial charge in [-0.15, -0.1) is 0 Å². The fraction of sp³-hybridized carbons (Fsp3) is 0.143. The Morgan fingerprint density at radius 2 is 1.95 bits per heavy atom. The maximum Gasteiger partial charge on any atom is 0.394 e. The number of nitrogens with zero attached hydrogens (tertiary/aromatic N) is 2. The quantitative estimate of drug-likeness (QED) is 0.924. The van der Waals surface area contributed by atoms with Crippen LogP contribution < -0.4 is 10.1 Å². The first-order valence-electron chi connectivity index (χ1n) is 5.77. The van der Waals surface area contributed by atoms with Gasteiger partial charge in [0, 0.05) is 18.8 Å². The lowest BCUT2D eigenvalue weighted by atomic mass is 10.2. The van der Waals surface area contributed by atoms with Crippen molar-refractivity contribution >= 4 is 11.5 Å². The third-order valence-corrected chi connectivity index (χ3v) is 2.34. The Morgan fingerprint density at radius 3 is 2.55 bits per heavy atom. The highest BCUT2D eigenvalue weighted by atomic mass is 19.3. The first-order valence-corrected chi connectivity index (χ1v) is 5.77. The standard InChI is InChI=1S/C14H11F2N3O/c1-14(15,16)20-12-6-4-11(5-7-12)19-13-10(9-17)3-2-8-18-13/h2-8H,1H3,(H,18,19). The third kappa shape index (κ3) is 3.65.